The first-order chi connectivity index (χ1) is 9.72. The van der Waals surface area contributed by atoms with Crippen molar-refractivity contribution in [3.8, 4) is 0 Å². The van der Waals surface area contributed by atoms with E-state index in [0.29, 0.717) is 12.5 Å². The van der Waals surface area contributed by atoms with Crippen molar-refractivity contribution < 1.29 is 4.79 Å². The molecule has 1 aromatic heterocycles. The fraction of sp³-hybridized carbons (Fsp3) is 0.625. The Morgan fingerprint density at radius 1 is 1.35 bits per heavy atom. The molecule has 0 radical (unpaired) electrons. The molecule has 1 aromatic rings. The molecule has 4 heteroatoms. The Labute approximate surface area is 120 Å². The summed E-state index contributed by atoms with van der Waals surface area (Å²) in [5, 5.41) is 5.92. The maximum absolute atomic E-state index is 11.8. The smallest absolute Gasteiger partial charge is 0.315 e. The van der Waals surface area contributed by atoms with Crippen molar-refractivity contribution in [3.05, 3.63) is 29.6 Å². The highest BCUT2D eigenvalue weighted by Crippen LogP contribution is 2.52. The summed E-state index contributed by atoms with van der Waals surface area (Å²) in [4.78, 5) is 16.0. The Balaban J connectivity index is 1.38. The number of hydrogen-bond acceptors (Lipinski definition) is 2. The molecule has 3 rings (SSSR count). The van der Waals surface area contributed by atoms with Crippen LogP contribution < -0.4 is 10.6 Å². The molecule has 2 aliphatic carbocycles. The number of carbonyl (C=O) groups excluding carboxylic acids is 1. The number of hydrogen-bond donors (Lipinski definition) is 2. The number of aryl methyl sites for hydroxylation is 1. The molecule has 2 aliphatic rings. The highest BCUT2D eigenvalue weighted by Gasteiger charge is 2.44. The topological polar surface area (TPSA) is 54.0 Å². The highest BCUT2D eigenvalue weighted by molar-refractivity contribution is 5.73. The van der Waals surface area contributed by atoms with Gasteiger partial charge in [0.25, 0.3) is 0 Å². The second kappa shape index (κ2) is 5.81. The Morgan fingerprint density at radius 2 is 2.25 bits per heavy atom. The number of pyridine rings is 1. The minimum Gasteiger partial charge on any atom is -0.338 e. The quantitative estimate of drug-likeness (QED) is 0.886. The fourth-order valence-corrected chi connectivity index (χ4v) is 3.36. The zero-order chi connectivity index (χ0) is 13.9. The first-order valence-electron chi connectivity index (χ1n) is 7.65. The predicted octanol–water partition coefficient (Wildman–Crippen LogP) is 2.63. The molecule has 3 atom stereocenters. The maximum Gasteiger partial charge on any atom is 0.315 e. The van der Waals surface area contributed by atoms with Gasteiger partial charge in [-0.1, -0.05) is 18.9 Å². The SMILES string of the molecule is Cc1ccc(CNC(=O)NCC2CCCC3CC23)cn1. The van der Waals surface area contributed by atoms with Gasteiger partial charge in [-0.15, -0.1) is 0 Å². The zero-order valence-corrected chi connectivity index (χ0v) is 12.1. The zero-order valence-electron chi connectivity index (χ0n) is 12.1. The Kier molecular flexibility index (Phi) is 3.90. The molecule has 2 fully saturated rings. The molecular weight excluding hydrogens is 250 g/mol. The van der Waals surface area contributed by atoms with Gasteiger partial charge in [-0.3, -0.25) is 4.98 Å². The van der Waals surface area contributed by atoms with Gasteiger partial charge in [-0.05, 0) is 49.1 Å². The van der Waals surface area contributed by atoms with E-state index in [-0.39, 0.29) is 6.03 Å². The van der Waals surface area contributed by atoms with E-state index in [9.17, 15) is 4.79 Å². The summed E-state index contributed by atoms with van der Waals surface area (Å²) in [5.74, 6) is 2.57. The van der Waals surface area contributed by atoms with Crippen molar-refractivity contribution in [1.29, 1.82) is 0 Å². The molecule has 1 heterocycles. The van der Waals surface area contributed by atoms with E-state index >= 15 is 0 Å². The van der Waals surface area contributed by atoms with Crippen LogP contribution in [0.1, 0.15) is 36.9 Å². The van der Waals surface area contributed by atoms with E-state index in [1.54, 1.807) is 0 Å². The lowest BCUT2D eigenvalue weighted by Gasteiger charge is -2.21. The Hall–Kier alpha value is -1.58. The Bertz CT molecular complexity index is 471. The third-order valence-electron chi connectivity index (χ3n) is 4.68. The molecule has 2 saturated carbocycles. The molecule has 0 spiro atoms. The van der Waals surface area contributed by atoms with Crippen molar-refractivity contribution >= 4 is 6.03 Å². The molecule has 0 aliphatic heterocycles. The highest BCUT2D eigenvalue weighted by atomic mass is 16.2. The molecule has 0 aromatic carbocycles. The number of nitrogens with one attached hydrogen (secondary N) is 2. The standard InChI is InChI=1S/C16H23N3O/c1-11-5-6-12(8-17-11)9-18-16(20)19-10-14-4-2-3-13-7-15(13)14/h5-6,8,13-15H,2-4,7,9-10H2,1H3,(H2,18,19,20). The first-order valence-corrected chi connectivity index (χ1v) is 7.65. The summed E-state index contributed by atoms with van der Waals surface area (Å²) in [5.41, 5.74) is 2.03. The molecule has 108 valence electrons. The predicted molar refractivity (Wildman–Crippen MR) is 78.2 cm³/mol. The van der Waals surface area contributed by atoms with Gasteiger partial charge in [0.05, 0.1) is 0 Å². The third kappa shape index (κ3) is 3.30. The average Bonchev–Trinajstić information content (AvgIpc) is 3.24. The van der Waals surface area contributed by atoms with Gasteiger partial charge >= 0.3 is 6.03 Å². The van der Waals surface area contributed by atoms with Crippen LogP contribution in [0.4, 0.5) is 4.79 Å². The lowest BCUT2D eigenvalue weighted by atomic mass is 9.89. The summed E-state index contributed by atoms with van der Waals surface area (Å²) in [7, 11) is 0. The molecule has 0 bridgehead atoms. The minimum atomic E-state index is -0.0617. The van der Waals surface area contributed by atoms with Crippen molar-refractivity contribution in [2.24, 2.45) is 17.8 Å². The van der Waals surface area contributed by atoms with Crippen LogP contribution in [0.25, 0.3) is 0 Å². The van der Waals surface area contributed by atoms with Crippen LogP contribution in [-0.4, -0.2) is 17.6 Å². The number of urea groups is 1. The summed E-state index contributed by atoms with van der Waals surface area (Å²) in [6.07, 6.45) is 7.23. The summed E-state index contributed by atoms with van der Waals surface area (Å²) < 4.78 is 0. The van der Waals surface area contributed by atoms with Gasteiger partial charge in [0.15, 0.2) is 0 Å². The van der Waals surface area contributed by atoms with Gasteiger partial charge < -0.3 is 10.6 Å². The molecular formula is C16H23N3O. The van der Waals surface area contributed by atoms with Crippen LogP contribution in [0.2, 0.25) is 0 Å². The maximum atomic E-state index is 11.8. The third-order valence-corrected chi connectivity index (χ3v) is 4.68. The van der Waals surface area contributed by atoms with Crippen LogP contribution in [-0.2, 0) is 6.54 Å². The van der Waals surface area contributed by atoms with Crippen LogP contribution in [0.5, 0.6) is 0 Å². The minimum absolute atomic E-state index is 0.0617. The molecule has 3 unspecified atom stereocenters. The van der Waals surface area contributed by atoms with E-state index in [0.717, 1.165) is 29.6 Å². The Morgan fingerprint density at radius 3 is 3.05 bits per heavy atom. The number of nitrogens with zero attached hydrogens (tertiary/aromatic N) is 1. The second-order valence-electron chi connectivity index (χ2n) is 6.22. The number of rotatable bonds is 4. The van der Waals surface area contributed by atoms with Crippen molar-refractivity contribution in [3.63, 3.8) is 0 Å². The lowest BCUT2D eigenvalue weighted by molar-refractivity contribution is 0.234. The second-order valence-corrected chi connectivity index (χ2v) is 6.22. The van der Waals surface area contributed by atoms with Crippen LogP contribution in [0.3, 0.4) is 0 Å². The van der Waals surface area contributed by atoms with Gasteiger partial charge in [0.1, 0.15) is 0 Å². The monoisotopic (exact) mass is 273 g/mol. The van der Waals surface area contributed by atoms with Crippen LogP contribution >= 0.6 is 0 Å². The van der Waals surface area contributed by atoms with E-state index in [4.69, 9.17) is 0 Å². The van der Waals surface area contributed by atoms with Gasteiger partial charge in [0, 0.05) is 25.0 Å². The number of amides is 2. The van der Waals surface area contributed by atoms with Crippen molar-refractivity contribution in [1.82, 2.24) is 15.6 Å². The normalized spacial score (nSPS) is 27.6. The first kappa shape index (κ1) is 13.4. The van der Waals surface area contributed by atoms with Crippen LogP contribution in [0, 0.1) is 24.7 Å². The molecule has 2 N–H and O–H groups in total. The van der Waals surface area contributed by atoms with Gasteiger partial charge in [-0.25, -0.2) is 4.79 Å². The largest absolute Gasteiger partial charge is 0.338 e. The number of aromatic nitrogens is 1. The van der Waals surface area contributed by atoms with Gasteiger partial charge in [-0.2, -0.15) is 0 Å². The van der Waals surface area contributed by atoms with Gasteiger partial charge in [0.2, 0.25) is 0 Å². The number of fused-ring (bicyclic) bond motifs is 1. The summed E-state index contributed by atoms with van der Waals surface area (Å²) >= 11 is 0. The summed E-state index contributed by atoms with van der Waals surface area (Å²) in [6.45, 7) is 3.33. The van der Waals surface area contributed by atoms with Crippen molar-refractivity contribution in [2.45, 2.75) is 39.2 Å². The number of carbonyl (C=O) groups is 1. The molecule has 20 heavy (non-hydrogen) atoms. The molecule has 0 saturated heterocycles. The summed E-state index contributed by atoms with van der Waals surface area (Å²) in [6, 6.07) is 3.90. The van der Waals surface area contributed by atoms with E-state index < -0.39 is 0 Å². The lowest BCUT2D eigenvalue weighted by Crippen LogP contribution is -2.38. The van der Waals surface area contributed by atoms with Crippen molar-refractivity contribution in [2.75, 3.05) is 6.54 Å². The average molecular weight is 273 g/mol. The van der Waals surface area contributed by atoms with Crippen LogP contribution in [0.15, 0.2) is 18.3 Å². The van der Waals surface area contributed by atoms with E-state index in [2.05, 4.69) is 15.6 Å². The van der Waals surface area contributed by atoms with E-state index in [1.807, 2.05) is 25.3 Å². The van der Waals surface area contributed by atoms with E-state index in [1.165, 1.54) is 25.7 Å². The fourth-order valence-electron chi connectivity index (χ4n) is 3.36. The molecule has 4 nitrogen and oxygen atoms in total. The molecule has 2 amide bonds.